The molecule has 0 aliphatic heterocycles. The molecule has 0 aliphatic carbocycles. The van der Waals surface area contributed by atoms with Crippen LogP contribution in [0.1, 0.15) is 11.1 Å². The van der Waals surface area contributed by atoms with E-state index in [9.17, 15) is 9.59 Å². The minimum atomic E-state index is -0.358. The number of para-hydroxylation sites is 1. The zero-order chi connectivity index (χ0) is 19.8. The quantitative estimate of drug-likeness (QED) is 0.568. The first kappa shape index (κ1) is 18.8. The summed E-state index contributed by atoms with van der Waals surface area (Å²) in [5.74, 6) is -0.266. The summed E-state index contributed by atoms with van der Waals surface area (Å²) in [6.07, 6.45) is 6.48. The highest BCUT2D eigenvalue weighted by Gasteiger charge is 2.07. The number of anilines is 3. The lowest BCUT2D eigenvalue weighted by molar-refractivity contribution is -0.111. The molecule has 0 unspecified atom stereocenters. The van der Waals surface area contributed by atoms with Gasteiger partial charge in [-0.2, -0.15) is 0 Å². The van der Waals surface area contributed by atoms with E-state index < -0.39 is 0 Å². The maximum Gasteiger partial charge on any atom is 0.323 e. The maximum atomic E-state index is 12.2. The van der Waals surface area contributed by atoms with Gasteiger partial charge in [0.25, 0.3) is 0 Å². The normalized spacial score (nSPS) is 10.5. The lowest BCUT2D eigenvalue weighted by Crippen LogP contribution is -2.19. The number of carbonyl (C=O) groups excluding carboxylic acids is 2. The zero-order valence-electron chi connectivity index (χ0n) is 15.3. The van der Waals surface area contributed by atoms with Crippen molar-refractivity contribution in [3.05, 3.63) is 90.3 Å². The molecule has 6 nitrogen and oxygen atoms in total. The van der Waals surface area contributed by atoms with Gasteiger partial charge in [-0.1, -0.05) is 30.3 Å². The summed E-state index contributed by atoms with van der Waals surface area (Å²) in [6, 6.07) is 17.8. The first-order valence-electron chi connectivity index (χ1n) is 8.73. The Kier molecular flexibility index (Phi) is 6.15. The van der Waals surface area contributed by atoms with E-state index in [0.717, 1.165) is 11.1 Å². The third kappa shape index (κ3) is 5.54. The van der Waals surface area contributed by atoms with Crippen LogP contribution in [0.2, 0.25) is 0 Å². The number of urea groups is 1. The van der Waals surface area contributed by atoms with Crippen LogP contribution >= 0.6 is 0 Å². The van der Waals surface area contributed by atoms with Crippen LogP contribution in [0, 0.1) is 6.92 Å². The van der Waals surface area contributed by atoms with Crippen LogP contribution in [0.4, 0.5) is 21.9 Å². The van der Waals surface area contributed by atoms with Gasteiger partial charge in [0, 0.05) is 35.5 Å². The molecular formula is C22H20N4O2. The van der Waals surface area contributed by atoms with E-state index in [1.165, 1.54) is 6.08 Å². The second kappa shape index (κ2) is 9.14. The lowest BCUT2D eigenvalue weighted by atomic mass is 10.1. The molecule has 3 rings (SSSR count). The standard InChI is InChI=1S/C22H20N4O2/c1-16-9-11-19(25-22(28)24-18-7-3-2-4-8-18)14-20(16)26-21(27)12-10-17-6-5-13-23-15-17/h2-15H,1H3,(H,26,27)(H2,24,25,28)/b12-10+. The molecule has 3 aromatic rings. The van der Waals surface area contributed by atoms with E-state index in [4.69, 9.17) is 0 Å². The number of rotatable bonds is 5. The highest BCUT2D eigenvalue weighted by Crippen LogP contribution is 2.21. The van der Waals surface area contributed by atoms with Crippen LogP contribution in [-0.2, 0) is 4.79 Å². The molecule has 1 heterocycles. The Bertz CT molecular complexity index is 986. The molecule has 0 saturated carbocycles. The van der Waals surface area contributed by atoms with E-state index in [0.29, 0.717) is 17.1 Å². The van der Waals surface area contributed by atoms with Gasteiger partial charge in [0.15, 0.2) is 0 Å². The minimum Gasteiger partial charge on any atom is -0.322 e. The summed E-state index contributed by atoms with van der Waals surface area (Å²) < 4.78 is 0. The molecule has 0 atom stereocenters. The lowest BCUT2D eigenvalue weighted by Gasteiger charge is -2.11. The Morgan fingerprint density at radius 3 is 2.43 bits per heavy atom. The smallest absolute Gasteiger partial charge is 0.322 e. The molecule has 0 spiro atoms. The summed E-state index contributed by atoms with van der Waals surface area (Å²) in [5, 5.41) is 8.34. The van der Waals surface area contributed by atoms with Gasteiger partial charge in [0.2, 0.25) is 5.91 Å². The van der Waals surface area contributed by atoms with Crippen LogP contribution in [-0.4, -0.2) is 16.9 Å². The molecule has 28 heavy (non-hydrogen) atoms. The number of pyridine rings is 1. The first-order chi connectivity index (χ1) is 13.6. The van der Waals surface area contributed by atoms with Crippen molar-refractivity contribution in [1.29, 1.82) is 0 Å². The highest BCUT2D eigenvalue weighted by atomic mass is 16.2. The summed E-state index contributed by atoms with van der Waals surface area (Å²) >= 11 is 0. The SMILES string of the molecule is Cc1ccc(NC(=O)Nc2ccccc2)cc1NC(=O)/C=C/c1cccnc1. The summed E-state index contributed by atoms with van der Waals surface area (Å²) in [7, 11) is 0. The number of benzene rings is 2. The predicted molar refractivity (Wildman–Crippen MR) is 112 cm³/mol. The number of nitrogens with zero attached hydrogens (tertiary/aromatic N) is 1. The van der Waals surface area contributed by atoms with Crippen LogP contribution in [0.3, 0.4) is 0 Å². The Morgan fingerprint density at radius 1 is 0.893 bits per heavy atom. The Balaban J connectivity index is 1.63. The van der Waals surface area contributed by atoms with Gasteiger partial charge < -0.3 is 16.0 Å². The fourth-order valence-corrected chi connectivity index (χ4v) is 2.47. The average Bonchev–Trinajstić information content (AvgIpc) is 2.70. The van der Waals surface area contributed by atoms with E-state index in [-0.39, 0.29) is 11.9 Å². The first-order valence-corrected chi connectivity index (χ1v) is 8.73. The molecule has 3 amide bonds. The van der Waals surface area contributed by atoms with E-state index >= 15 is 0 Å². The summed E-state index contributed by atoms with van der Waals surface area (Å²) in [4.78, 5) is 28.3. The molecule has 0 saturated heterocycles. The number of carbonyl (C=O) groups is 2. The molecule has 6 heteroatoms. The zero-order valence-corrected chi connectivity index (χ0v) is 15.3. The Hall–Kier alpha value is -3.93. The number of aryl methyl sites for hydroxylation is 1. The fourth-order valence-electron chi connectivity index (χ4n) is 2.47. The van der Waals surface area contributed by atoms with Gasteiger partial charge >= 0.3 is 6.03 Å². The second-order valence-corrected chi connectivity index (χ2v) is 6.08. The minimum absolute atomic E-state index is 0.266. The van der Waals surface area contributed by atoms with Crippen molar-refractivity contribution in [2.75, 3.05) is 16.0 Å². The monoisotopic (exact) mass is 372 g/mol. The molecule has 0 radical (unpaired) electrons. The molecule has 140 valence electrons. The molecule has 1 aromatic heterocycles. The van der Waals surface area contributed by atoms with Crippen molar-refractivity contribution in [2.45, 2.75) is 6.92 Å². The third-order valence-electron chi connectivity index (χ3n) is 3.90. The van der Waals surface area contributed by atoms with Crippen molar-refractivity contribution in [1.82, 2.24) is 4.98 Å². The van der Waals surface area contributed by atoms with Gasteiger partial charge in [0.05, 0.1) is 0 Å². The molecule has 3 N–H and O–H groups in total. The number of nitrogens with one attached hydrogen (secondary N) is 3. The fraction of sp³-hybridized carbons (Fsp3) is 0.0455. The van der Waals surface area contributed by atoms with Crippen molar-refractivity contribution in [2.24, 2.45) is 0 Å². The van der Waals surface area contributed by atoms with Gasteiger partial charge in [-0.05, 0) is 54.5 Å². The van der Waals surface area contributed by atoms with Crippen molar-refractivity contribution in [3.8, 4) is 0 Å². The number of amides is 3. The van der Waals surface area contributed by atoms with Gasteiger partial charge in [-0.15, -0.1) is 0 Å². The molecular weight excluding hydrogens is 352 g/mol. The topological polar surface area (TPSA) is 83.1 Å². The number of hydrogen-bond acceptors (Lipinski definition) is 3. The van der Waals surface area contributed by atoms with Crippen LogP contribution in [0.25, 0.3) is 6.08 Å². The average molecular weight is 372 g/mol. The predicted octanol–water partition coefficient (Wildman–Crippen LogP) is 4.69. The van der Waals surface area contributed by atoms with Gasteiger partial charge in [-0.25, -0.2) is 4.79 Å². The van der Waals surface area contributed by atoms with Crippen molar-refractivity contribution >= 4 is 35.1 Å². The Labute approximate surface area is 163 Å². The Morgan fingerprint density at radius 2 is 1.68 bits per heavy atom. The number of hydrogen-bond donors (Lipinski definition) is 3. The van der Waals surface area contributed by atoms with E-state index in [1.54, 1.807) is 48.8 Å². The molecule has 2 aromatic carbocycles. The van der Waals surface area contributed by atoms with Crippen LogP contribution in [0.5, 0.6) is 0 Å². The van der Waals surface area contributed by atoms with Crippen LogP contribution in [0.15, 0.2) is 79.1 Å². The van der Waals surface area contributed by atoms with Crippen LogP contribution < -0.4 is 16.0 Å². The van der Waals surface area contributed by atoms with E-state index in [2.05, 4.69) is 20.9 Å². The maximum absolute atomic E-state index is 12.2. The second-order valence-electron chi connectivity index (χ2n) is 6.08. The molecule has 0 bridgehead atoms. The summed E-state index contributed by atoms with van der Waals surface area (Å²) in [5.41, 5.74) is 3.62. The van der Waals surface area contributed by atoms with Crippen molar-refractivity contribution in [3.63, 3.8) is 0 Å². The largest absolute Gasteiger partial charge is 0.323 e. The van der Waals surface area contributed by atoms with Crippen molar-refractivity contribution < 1.29 is 9.59 Å². The van der Waals surface area contributed by atoms with E-state index in [1.807, 2.05) is 37.3 Å². The highest BCUT2D eigenvalue weighted by molar-refractivity contribution is 6.03. The molecule has 0 fully saturated rings. The van der Waals surface area contributed by atoms with Gasteiger partial charge in [-0.3, -0.25) is 9.78 Å². The number of aromatic nitrogens is 1. The van der Waals surface area contributed by atoms with Gasteiger partial charge in [0.1, 0.15) is 0 Å². The third-order valence-corrected chi connectivity index (χ3v) is 3.90. The molecule has 0 aliphatic rings. The summed E-state index contributed by atoms with van der Waals surface area (Å²) in [6.45, 7) is 1.88.